The van der Waals surface area contributed by atoms with Crippen molar-refractivity contribution in [3.8, 4) is 11.5 Å². The Labute approximate surface area is 365 Å². The number of hydroxylamine groups is 2. The number of fused-ring (bicyclic) bond motifs is 10. The number of rotatable bonds is 6. The van der Waals surface area contributed by atoms with Crippen molar-refractivity contribution in [3.05, 3.63) is 93.6 Å². The zero-order valence-corrected chi connectivity index (χ0v) is 37.3. The van der Waals surface area contributed by atoms with E-state index in [-0.39, 0.29) is 10.8 Å². The van der Waals surface area contributed by atoms with Crippen LogP contribution in [-0.2, 0) is 37.1 Å². The second-order valence-corrected chi connectivity index (χ2v) is 22.3. The summed E-state index contributed by atoms with van der Waals surface area (Å²) in [6.07, 6.45) is 14.9. The van der Waals surface area contributed by atoms with Gasteiger partial charge in [0.2, 0.25) is 0 Å². The topological polar surface area (TPSA) is 166 Å². The molecule has 62 heavy (non-hydrogen) atoms. The molecule has 3 heterocycles. The van der Waals surface area contributed by atoms with Crippen molar-refractivity contribution < 1.29 is 25.6 Å². The molecule has 7 aliphatic rings. The van der Waals surface area contributed by atoms with Crippen LogP contribution >= 0.6 is 0 Å². The highest BCUT2D eigenvalue weighted by Gasteiger charge is 2.65. The van der Waals surface area contributed by atoms with E-state index in [0.29, 0.717) is 84.3 Å². The van der Waals surface area contributed by atoms with Crippen molar-refractivity contribution in [2.24, 2.45) is 34.5 Å². The van der Waals surface area contributed by atoms with Gasteiger partial charge in [-0.2, -0.15) is 5.06 Å². The zero-order chi connectivity index (χ0) is 43.4. The summed E-state index contributed by atoms with van der Waals surface area (Å²) < 4.78 is 3.67. The van der Waals surface area contributed by atoms with Crippen LogP contribution < -0.4 is 0 Å². The third-order valence-electron chi connectivity index (χ3n) is 19.2. The maximum atomic E-state index is 12.7. The number of nitrogens with zero attached hydrogens (tertiary/aromatic N) is 7. The van der Waals surface area contributed by atoms with Crippen molar-refractivity contribution in [1.82, 2.24) is 35.1 Å². The Morgan fingerprint density at radius 2 is 1.00 bits per heavy atom. The van der Waals surface area contributed by atoms with E-state index in [1.165, 1.54) is 27.3 Å². The van der Waals surface area contributed by atoms with E-state index in [1.807, 2.05) is 73.7 Å². The zero-order valence-electron chi connectivity index (χ0n) is 37.3. The van der Waals surface area contributed by atoms with E-state index >= 15 is 0 Å². The number of benzene rings is 2. The number of aliphatic hydroxyl groups is 2. The molecule has 0 spiro atoms. The van der Waals surface area contributed by atoms with Gasteiger partial charge >= 0.3 is 0 Å². The lowest BCUT2D eigenvalue weighted by Crippen LogP contribution is -2.49. The molecule has 12 nitrogen and oxygen atoms in total. The van der Waals surface area contributed by atoms with Gasteiger partial charge in [-0.15, -0.1) is 10.2 Å². The van der Waals surface area contributed by atoms with Crippen LogP contribution in [0.2, 0.25) is 0 Å². The minimum atomic E-state index is -1.10. The Hall–Kier alpha value is -4.10. The molecule has 0 saturated heterocycles. The van der Waals surface area contributed by atoms with E-state index < -0.39 is 22.3 Å². The van der Waals surface area contributed by atoms with E-state index in [0.717, 1.165) is 75.4 Å². The lowest BCUT2D eigenvalue weighted by atomic mass is 9.53. The molecule has 6 aliphatic carbocycles. The molecule has 0 bridgehead atoms. The van der Waals surface area contributed by atoms with Crippen LogP contribution in [-0.4, -0.2) is 71.8 Å². The summed E-state index contributed by atoms with van der Waals surface area (Å²) in [5.74, 6) is 3.28. The minimum absolute atomic E-state index is 0.332. The fraction of sp³-hybridized carbons (Fsp3) is 0.640. The van der Waals surface area contributed by atoms with Crippen LogP contribution in [0.5, 0.6) is 11.5 Å². The summed E-state index contributed by atoms with van der Waals surface area (Å²) in [4.78, 5) is 0. The third-order valence-corrected chi connectivity index (χ3v) is 19.2. The molecule has 0 radical (unpaired) electrons. The third kappa shape index (κ3) is 5.45. The van der Waals surface area contributed by atoms with Crippen LogP contribution in [0.4, 0.5) is 0 Å². The molecule has 4 saturated carbocycles. The average molecular weight is 844 g/mol. The molecule has 4 fully saturated rings. The Bertz CT molecular complexity index is 2320. The van der Waals surface area contributed by atoms with Crippen LogP contribution in [0.3, 0.4) is 0 Å². The van der Waals surface area contributed by atoms with Gasteiger partial charge in [0.1, 0.15) is 34.1 Å². The number of hydrogen-bond donors (Lipinski definition) is 5. The summed E-state index contributed by atoms with van der Waals surface area (Å²) in [7, 11) is 0. The summed E-state index contributed by atoms with van der Waals surface area (Å²) in [5, 5.41) is 77.8. The largest absolute Gasteiger partial charge is 0.508 e. The lowest BCUT2D eigenvalue weighted by molar-refractivity contribution is -0.188. The average Bonchev–Trinajstić information content (AvgIpc) is 4.05. The Morgan fingerprint density at radius 3 is 1.42 bits per heavy atom. The van der Waals surface area contributed by atoms with Gasteiger partial charge in [-0.25, -0.2) is 9.36 Å². The molecule has 8 unspecified atom stereocenters. The highest BCUT2D eigenvalue weighted by atomic mass is 16.5. The normalized spacial score (nSPS) is 38.0. The first-order chi connectivity index (χ1) is 29.4. The van der Waals surface area contributed by atoms with E-state index in [2.05, 4.69) is 36.4 Å². The number of aromatic nitrogens is 6. The molecule has 10 atom stereocenters. The Kier molecular flexibility index (Phi) is 8.83. The first kappa shape index (κ1) is 40.7. The molecule has 2 aromatic carbocycles. The minimum Gasteiger partial charge on any atom is -0.508 e. The quantitative estimate of drug-likeness (QED) is 0.120. The van der Waals surface area contributed by atoms with Crippen LogP contribution in [0.1, 0.15) is 151 Å². The highest BCUT2D eigenvalue weighted by Crippen LogP contribution is 2.68. The van der Waals surface area contributed by atoms with Gasteiger partial charge in [-0.3, -0.25) is 0 Å². The molecule has 12 heteroatoms. The first-order valence-corrected chi connectivity index (χ1v) is 23.5. The second kappa shape index (κ2) is 13.5. The van der Waals surface area contributed by atoms with Crippen molar-refractivity contribution in [3.63, 3.8) is 0 Å². The van der Waals surface area contributed by atoms with Crippen molar-refractivity contribution >= 4 is 0 Å². The number of hydrogen-bond acceptors (Lipinski definition) is 10. The van der Waals surface area contributed by atoms with Gasteiger partial charge in [-0.05, 0) is 198 Å². The fourth-order valence-corrected chi connectivity index (χ4v) is 15.7. The standard InChI is InChI=1S/C50H65N7O5/c1-45(2)41(25-55-27-43(51-53-55)49(60)21-17-39-37-11-7-29-23-31(58)9-13-33(29)35(37)15-19-47(39,49)5)42(46(3,4)57(45)62)26-56-28-44(52-54-56)50(61)22-18-40-38-12-8-30-24-32(59)10-14-34(30)36(38)16-20-48(40,50)6/h9-10,13-14,23-24,27-28,35-40,58-62H,7-8,11-12,15-22,25-26H2,1-6H3/t35?,36?,37?,38?,39?,40?,47?,48?,49-,50+. The van der Waals surface area contributed by atoms with Crippen molar-refractivity contribution in [2.75, 3.05) is 0 Å². The van der Waals surface area contributed by atoms with Crippen LogP contribution in [0.15, 0.2) is 59.9 Å². The summed E-state index contributed by atoms with van der Waals surface area (Å²) in [6.45, 7) is 13.5. The van der Waals surface area contributed by atoms with Crippen molar-refractivity contribution in [2.45, 2.75) is 166 Å². The number of phenols is 2. The maximum Gasteiger partial charge on any atom is 0.116 e. The van der Waals surface area contributed by atoms with Crippen LogP contribution in [0.25, 0.3) is 0 Å². The molecule has 5 N–H and O–H groups in total. The van der Waals surface area contributed by atoms with Crippen molar-refractivity contribution in [1.29, 1.82) is 0 Å². The lowest BCUT2D eigenvalue weighted by Gasteiger charge is -2.52. The van der Waals surface area contributed by atoms with E-state index in [4.69, 9.17) is 10.2 Å². The van der Waals surface area contributed by atoms with Gasteiger partial charge in [0, 0.05) is 10.8 Å². The summed E-state index contributed by atoms with van der Waals surface area (Å²) in [5.41, 5.74) is 4.24. The predicted molar refractivity (Wildman–Crippen MR) is 232 cm³/mol. The second-order valence-electron chi connectivity index (χ2n) is 22.3. The molecule has 1 aliphatic heterocycles. The molecule has 0 amide bonds. The Balaban J connectivity index is 0.847. The monoisotopic (exact) mass is 844 g/mol. The maximum absolute atomic E-state index is 12.7. The summed E-state index contributed by atoms with van der Waals surface area (Å²) >= 11 is 0. The molecule has 2 aromatic heterocycles. The Morgan fingerprint density at radius 1 is 0.581 bits per heavy atom. The first-order valence-electron chi connectivity index (χ1n) is 23.5. The van der Waals surface area contributed by atoms with E-state index in [1.54, 1.807) is 0 Å². The predicted octanol–water partition coefficient (Wildman–Crippen LogP) is 8.03. The molecular weight excluding hydrogens is 779 g/mol. The van der Waals surface area contributed by atoms with Gasteiger partial charge in [0.05, 0.1) is 36.6 Å². The fourth-order valence-electron chi connectivity index (χ4n) is 15.7. The summed E-state index contributed by atoms with van der Waals surface area (Å²) in [6, 6.07) is 11.8. The smallest absolute Gasteiger partial charge is 0.116 e. The molecular formula is C50H65N7O5. The van der Waals surface area contributed by atoms with Gasteiger partial charge < -0.3 is 25.6 Å². The number of aromatic hydroxyl groups is 2. The number of aryl methyl sites for hydroxylation is 2. The number of phenolic OH excluding ortho intramolecular Hbond substituents is 2. The highest BCUT2D eigenvalue weighted by molar-refractivity contribution is 5.43. The van der Waals surface area contributed by atoms with Gasteiger partial charge in [0.15, 0.2) is 0 Å². The molecule has 330 valence electrons. The van der Waals surface area contributed by atoms with Gasteiger partial charge in [0.25, 0.3) is 0 Å². The van der Waals surface area contributed by atoms with E-state index in [9.17, 15) is 25.6 Å². The molecule has 4 aromatic rings. The van der Waals surface area contributed by atoms with Crippen LogP contribution in [0, 0.1) is 34.5 Å². The molecule has 11 rings (SSSR count). The van der Waals surface area contributed by atoms with Gasteiger partial charge in [-0.1, -0.05) is 36.4 Å². The SMILES string of the molecule is CC1(C)C(Cn2cc([C@]3(O)CCC4C5CCc6cc(O)ccc6C5CCC43C)nn2)=C(Cn2cc([C@@]3(O)CCC4C5CCc6cc(O)ccc6C5CCC43C)nn2)C(C)(C)N1O.